The molecule has 1 aromatic carbocycles. The van der Waals surface area contributed by atoms with E-state index in [2.05, 4.69) is 20.6 Å². The van der Waals surface area contributed by atoms with Gasteiger partial charge in [-0.25, -0.2) is 18.1 Å². The number of anilines is 1. The highest BCUT2D eigenvalue weighted by molar-refractivity contribution is 7.89. The number of carbonyl (C=O) groups is 1. The standard InChI is InChI=1S/C16H20N6O3S2/c1-3-21(4-2)27(24,25)12-5-6-14-13(11-12)19-20-22(14)9-7-15(23)18-16-17-8-10-26-16/h5-6,8,10-11H,3-4,7,9H2,1-2H3,(H,17,18,23). The lowest BCUT2D eigenvalue weighted by atomic mass is 10.3. The maximum absolute atomic E-state index is 12.6. The Morgan fingerprint density at radius 3 is 2.74 bits per heavy atom. The lowest BCUT2D eigenvalue weighted by Crippen LogP contribution is -2.30. The van der Waals surface area contributed by atoms with E-state index in [0.29, 0.717) is 35.8 Å². The summed E-state index contributed by atoms with van der Waals surface area (Å²) >= 11 is 1.35. The summed E-state index contributed by atoms with van der Waals surface area (Å²) in [5.74, 6) is -0.172. The molecule has 0 aliphatic rings. The predicted molar refractivity (Wildman–Crippen MR) is 103 cm³/mol. The van der Waals surface area contributed by atoms with Crippen LogP contribution in [-0.4, -0.2) is 51.7 Å². The van der Waals surface area contributed by atoms with E-state index in [1.54, 1.807) is 42.2 Å². The zero-order valence-corrected chi connectivity index (χ0v) is 16.6. The lowest BCUT2D eigenvalue weighted by molar-refractivity contribution is -0.116. The number of hydrogen-bond acceptors (Lipinski definition) is 7. The second-order valence-corrected chi connectivity index (χ2v) is 8.52. The Morgan fingerprint density at radius 2 is 2.07 bits per heavy atom. The van der Waals surface area contributed by atoms with Crippen LogP contribution in [0.2, 0.25) is 0 Å². The summed E-state index contributed by atoms with van der Waals surface area (Å²) in [6.07, 6.45) is 1.83. The second kappa shape index (κ2) is 8.11. The van der Waals surface area contributed by atoms with Crippen LogP contribution >= 0.6 is 11.3 Å². The molecule has 0 saturated carbocycles. The summed E-state index contributed by atoms with van der Waals surface area (Å²) in [7, 11) is -3.55. The maximum atomic E-state index is 12.6. The van der Waals surface area contributed by atoms with Gasteiger partial charge >= 0.3 is 0 Å². The molecule has 9 nitrogen and oxygen atoms in total. The van der Waals surface area contributed by atoms with Gasteiger partial charge in [0.1, 0.15) is 5.52 Å². The number of amides is 1. The van der Waals surface area contributed by atoms with Crippen molar-refractivity contribution in [3.8, 4) is 0 Å². The first-order valence-electron chi connectivity index (χ1n) is 8.48. The van der Waals surface area contributed by atoms with Gasteiger partial charge in [0.2, 0.25) is 15.9 Å². The number of thiazole rings is 1. The molecule has 0 aliphatic carbocycles. The number of benzene rings is 1. The summed E-state index contributed by atoms with van der Waals surface area (Å²) in [5.41, 5.74) is 1.15. The van der Waals surface area contributed by atoms with Crippen molar-refractivity contribution < 1.29 is 13.2 Å². The minimum Gasteiger partial charge on any atom is -0.302 e. The number of nitrogens with zero attached hydrogens (tertiary/aromatic N) is 5. The van der Waals surface area contributed by atoms with E-state index >= 15 is 0 Å². The molecule has 3 rings (SSSR count). The third-order valence-corrected chi connectivity index (χ3v) is 6.79. The molecule has 144 valence electrons. The number of hydrogen-bond donors (Lipinski definition) is 1. The van der Waals surface area contributed by atoms with Gasteiger partial charge in [0.25, 0.3) is 0 Å². The Morgan fingerprint density at radius 1 is 1.30 bits per heavy atom. The van der Waals surface area contributed by atoms with E-state index in [4.69, 9.17) is 0 Å². The topological polar surface area (TPSA) is 110 Å². The van der Waals surface area contributed by atoms with Crippen LogP contribution in [0.25, 0.3) is 11.0 Å². The van der Waals surface area contributed by atoms with Gasteiger partial charge in [-0.3, -0.25) is 4.79 Å². The number of aromatic nitrogens is 4. The average Bonchev–Trinajstić information content (AvgIpc) is 3.29. The first kappa shape index (κ1) is 19.4. The van der Waals surface area contributed by atoms with E-state index in [1.807, 2.05) is 0 Å². The summed E-state index contributed by atoms with van der Waals surface area (Å²) in [4.78, 5) is 16.2. The van der Waals surface area contributed by atoms with Crippen molar-refractivity contribution in [3.05, 3.63) is 29.8 Å². The van der Waals surface area contributed by atoms with E-state index in [1.165, 1.54) is 21.7 Å². The van der Waals surface area contributed by atoms with E-state index in [9.17, 15) is 13.2 Å². The van der Waals surface area contributed by atoms with Crippen LogP contribution in [0.15, 0.2) is 34.7 Å². The minimum atomic E-state index is -3.55. The third kappa shape index (κ3) is 4.15. The maximum Gasteiger partial charge on any atom is 0.243 e. The smallest absolute Gasteiger partial charge is 0.243 e. The molecule has 2 heterocycles. The molecule has 0 atom stereocenters. The first-order chi connectivity index (χ1) is 13.0. The number of rotatable bonds is 8. The molecule has 0 bridgehead atoms. The van der Waals surface area contributed by atoms with E-state index < -0.39 is 10.0 Å². The number of aryl methyl sites for hydroxylation is 1. The van der Waals surface area contributed by atoms with Crippen molar-refractivity contribution in [2.75, 3.05) is 18.4 Å². The van der Waals surface area contributed by atoms with Crippen molar-refractivity contribution in [2.45, 2.75) is 31.7 Å². The Bertz CT molecular complexity index is 1030. The second-order valence-electron chi connectivity index (χ2n) is 5.69. The molecular formula is C16H20N6O3S2. The molecule has 2 aromatic heterocycles. The van der Waals surface area contributed by atoms with Gasteiger partial charge in [-0.1, -0.05) is 19.1 Å². The van der Waals surface area contributed by atoms with Crippen molar-refractivity contribution in [3.63, 3.8) is 0 Å². The molecular weight excluding hydrogens is 388 g/mol. The Hall–Kier alpha value is -2.37. The van der Waals surface area contributed by atoms with Gasteiger partial charge in [0, 0.05) is 31.1 Å². The fourth-order valence-corrected chi connectivity index (χ4v) is 4.69. The highest BCUT2D eigenvalue weighted by atomic mass is 32.2. The molecule has 0 aliphatic heterocycles. The van der Waals surface area contributed by atoms with Crippen molar-refractivity contribution in [1.82, 2.24) is 24.3 Å². The summed E-state index contributed by atoms with van der Waals surface area (Å²) in [5, 5.41) is 13.1. The quantitative estimate of drug-likeness (QED) is 0.610. The van der Waals surface area contributed by atoms with Gasteiger partial charge in [-0.2, -0.15) is 4.31 Å². The van der Waals surface area contributed by atoms with Crippen molar-refractivity contribution >= 4 is 43.4 Å². The minimum absolute atomic E-state index is 0.172. The molecule has 0 saturated heterocycles. The van der Waals surface area contributed by atoms with E-state index in [0.717, 1.165) is 0 Å². The molecule has 0 radical (unpaired) electrons. The molecule has 11 heteroatoms. The van der Waals surface area contributed by atoms with Crippen LogP contribution < -0.4 is 5.32 Å². The van der Waals surface area contributed by atoms with Gasteiger partial charge in [-0.15, -0.1) is 16.4 Å². The van der Waals surface area contributed by atoms with Gasteiger partial charge in [0.05, 0.1) is 17.0 Å². The Labute approximate surface area is 161 Å². The first-order valence-corrected chi connectivity index (χ1v) is 10.8. The highest BCUT2D eigenvalue weighted by Crippen LogP contribution is 2.21. The summed E-state index contributed by atoms with van der Waals surface area (Å²) < 4.78 is 28.2. The zero-order chi connectivity index (χ0) is 19.4. The Kier molecular flexibility index (Phi) is 5.82. The predicted octanol–water partition coefficient (Wildman–Crippen LogP) is 1.95. The van der Waals surface area contributed by atoms with Crippen LogP contribution in [0.4, 0.5) is 5.13 Å². The monoisotopic (exact) mass is 408 g/mol. The van der Waals surface area contributed by atoms with Crippen LogP contribution in [0.1, 0.15) is 20.3 Å². The number of sulfonamides is 1. The molecule has 1 amide bonds. The van der Waals surface area contributed by atoms with Gasteiger partial charge in [0.15, 0.2) is 5.13 Å². The lowest BCUT2D eigenvalue weighted by Gasteiger charge is -2.18. The largest absolute Gasteiger partial charge is 0.302 e. The van der Waals surface area contributed by atoms with Crippen molar-refractivity contribution in [2.24, 2.45) is 0 Å². The SMILES string of the molecule is CCN(CC)S(=O)(=O)c1ccc2c(c1)nnn2CCC(=O)Nc1nccs1. The van der Waals surface area contributed by atoms with Gasteiger partial charge < -0.3 is 5.32 Å². The summed E-state index contributed by atoms with van der Waals surface area (Å²) in [6.45, 7) is 4.73. The fourth-order valence-electron chi connectivity index (χ4n) is 2.66. The normalized spacial score (nSPS) is 12.0. The van der Waals surface area contributed by atoms with Crippen molar-refractivity contribution in [1.29, 1.82) is 0 Å². The van der Waals surface area contributed by atoms with E-state index in [-0.39, 0.29) is 17.2 Å². The van der Waals surface area contributed by atoms with Crippen LogP contribution in [-0.2, 0) is 21.4 Å². The average molecular weight is 409 g/mol. The molecule has 1 N–H and O–H groups in total. The highest BCUT2D eigenvalue weighted by Gasteiger charge is 2.22. The van der Waals surface area contributed by atoms with Crippen LogP contribution in [0.3, 0.4) is 0 Å². The zero-order valence-electron chi connectivity index (χ0n) is 15.0. The number of fused-ring (bicyclic) bond motifs is 1. The third-order valence-electron chi connectivity index (χ3n) is 4.06. The molecule has 0 unspecified atom stereocenters. The molecule has 3 aromatic rings. The molecule has 0 spiro atoms. The number of nitrogens with one attached hydrogen (secondary N) is 1. The number of carbonyl (C=O) groups excluding carboxylic acids is 1. The van der Waals surface area contributed by atoms with Crippen LogP contribution in [0, 0.1) is 0 Å². The molecule has 27 heavy (non-hydrogen) atoms. The van der Waals surface area contributed by atoms with Crippen LogP contribution in [0.5, 0.6) is 0 Å². The van der Waals surface area contributed by atoms with Gasteiger partial charge in [-0.05, 0) is 18.2 Å². The Balaban J connectivity index is 1.75. The fraction of sp³-hybridized carbons (Fsp3) is 0.375. The molecule has 0 fully saturated rings. The summed E-state index contributed by atoms with van der Waals surface area (Å²) in [6, 6.07) is 4.73.